The van der Waals surface area contributed by atoms with Crippen molar-refractivity contribution in [2.24, 2.45) is 0 Å². The second-order valence-electron chi connectivity index (χ2n) is 11.6. The van der Waals surface area contributed by atoms with Gasteiger partial charge in [-0.1, -0.05) is 41.1 Å². The fourth-order valence-electron chi connectivity index (χ4n) is 4.87. The first-order valence-corrected chi connectivity index (χ1v) is 18.7. The molecule has 0 aliphatic carbocycles. The summed E-state index contributed by atoms with van der Waals surface area (Å²) in [6.45, 7) is 1.94. The second-order valence-corrected chi connectivity index (χ2v) is 14.0. The highest BCUT2D eigenvalue weighted by atomic mass is 35.5. The molecule has 0 aliphatic rings. The lowest BCUT2D eigenvalue weighted by Crippen LogP contribution is -1.97. The maximum absolute atomic E-state index is 13.6. The lowest BCUT2D eigenvalue weighted by Gasteiger charge is -2.08. The average molecular weight is 825 g/mol. The van der Waals surface area contributed by atoms with E-state index in [1.165, 1.54) is 28.7 Å². The van der Waals surface area contributed by atoms with E-state index in [0.29, 0.717) is 31.9 Å². The summed E-state index contributed by atoms with van der Waals surface area (Å²) in [5.74, 6) is 0.0360. The number of aromatic amines is 3. The van der Waals surface area contributed by atoms with E-state index in [-0.39, 0.29) is 5.69 Å². The van der Waals surface area contributed by atoms with Crippen molar-refractivity contribution in [2.75, 3.05) is 16.0 Å². The zero-order valence-electron chi connectivity index (χ0n) is 29.4. The summed E-state index contributed by atoms with van der Waals surface area (Å²) in [5.41, 5.74) is 5.79. The van der Waals surface area contributed by atoms with E-state index in [9.17, 15) is 13.2 Å². The van der Waals surface area contributed by atoms with Crippen molar-refractivity contribution < 1.29 is 13.2 Å². The lowest BCUT2D eigenvalue weighted by atomic mass is 10.2. The quantitative estimate of drug-likeness (QED) is 0.0761. The van der Waals surface area contributed by atoms with E-state index in [1.54, 1.807) is 67.5 Å². The van der Waals surface area contributed by atoms with Gasteiger partial charge < -0.3 is 16.0 Å². The molecule has 6 N–H and O–H groups in total. The Labute approximate surface area is 334 Å². The van der Waals surface area contributed by atoms with Gasteiger partial charge in [-0.15, -0.1) is 11.3 Å². The summed E-state index contributed by atoms with van der Waals surface area (Å²) in [7, 11) is 0. The Bertz CT molecular complexity index is 2650. The summed E-state index contributed by atoms with van der Waals surface area (Å²) in [6, 6.07) is 18.8. The van der Waals surface area contributed by atoms with Gasteiger partial charge in [-0.05, 0) is 55.5 Å². The van der Waals surface area contributed by atoms with Crippen LogP contribution in [0.25, 0.3) is 33.8 Å². The first-order chi connectivity index (χ1) is 27.8. The molecule has 0 saturated carbocycles. The van der Waals surface area contributed by atoms with Crippen LogP contribution in [0.1, 0.15) is 5.69 Å². The minimum Gasteiger partial charge on any atom is -0.338 e. The Balaban J connectivity index is 0.000000131. The van der Waals surface area contributed by atoms with Crippen molar-refractivity contribution in [1.29, 1.82) is 0 Å². The van der Waals surface area contributed by atoms with E-state index in [4.69, 9.17) is 11.6 Å². The molecule has 8 heterocycles. The number of H-pyrrole nitrogens is 3. The molecule has 14 nitrogen and oxygen atoms in total. The number of aromatic nitrogens is 11. The molecule has 0 atom stereocenters. The lowest BCUT2D eigenvalue weighted by molar-refractivity contribution is 0.585. The average Bonchev–Trinajstić information content (AvgIpc) is 4.06. The number of aryl methyl sites for hydroxylation is 1. The Morgan fingerprint density at radius 2 is 1.25 bits per heavy atom. The minimum absolute atomic E-state index is 0.0434. The van der Waals surface area contributed by atoms with Gasteiger partial charge in [-0.3, -0.25) is 15.3 Å². The fraction of sp³-hybridized carbons (Fsp3) is 0.0270. The first-order valence-electron chi connectivity index (χ1n) is 16.6. The Morgan fingerprint density at radius 3 is 1.93 bits per heavy atom. The third kappa shape index (κ3) is 10.4. The van der Waals surface area contributed by atoms with Gasteiger partial charge in [0.2, 0.25) is 5.95 Å². The van der Waals surface area contributed by atoms with Crippen LogP contribution in [0.2, 0.25) is 4.34 Å². The van der Waals surface area contributed by atoms with Gasteiger partial charge in [-0.2, -0.15) is 19.7 Å². The van der Waals surface area contributed by atoms with Crippen molar-refractivity contribution in [1.82, 2.24) is 55.5 Å². The molecule has 9 rings (SSSR count). The number of anilines is 6. The van der Waals surface area contributed by atoms with E-state index in [1.807, 2.05) is 30.5 Å². The van der Waals surface area contributed by atoms with Crippen LogP contribution in [-0.4, -0.2) is 55.5 Å². The molecule has 0 radical (unpaired) electrons. The molecule has 1 aromatic carbocycles. The third-order valence-electron chi connectivity index (χ3n) is 7.46. The molecule has 0 amide bonds. The van der Waals surface area contributed by atoms with E-state index >= 15 is 0 Å². The largest absolute Gasteiger partial charge is 0.338 e. The third-order valence-corrected chi connectivity index (χ3v) is 9.39. The zero-order chi connectivity index (χ0) is 39.6. The number of hydrogen-bond acceptors (Lipinski definition) is 13. The molecule has 9 aromatic rings. The van der Waals surface area contributed by atoms with Crippen LogP contribution in [0.5, 0.6) is 0 Å². The second kappa shape index (κ2) is 18.1. The predicted molar refractivity (Wildman–Crippen MR) is 216 cm³/mol. The molecule has 0 saturated heterocycles. The summed E-state index contributed by atoms with van der Waals surface area (Å²) < 4.78 is 40.2. The van der Waals surface area contributed by atoms with Crippen LogP contribution in [0.4, 0.5) is 46.6 Å². The number of rotatable bonds is 9. The summed E-state index contributed by atoms with van der Waals surface area (Å²) in [5, 5.41) is 31.9. The molecule has 0 fully saturated rings. The number of halogens is 4. The van der Waals surface area contributed by atoms with Crippen LogP contribution >= 0.6 is 34.3 Å². The molecular weight excluding hydrogens is 797 g/mol. The highest BCUT2D eigenvalue weighted by molar-refractivity contribution is 7.20. The Morgan fingerprint density at radius 1 is 0.614 bits per heavy atom. The first kappa shape index (κ1) is 38.3. The Kier molecular flexibility index (Phi) is 12.2. The number of nitrogens with one attached hydrogen (secondary N) is 6. The van der Waals surface area contributed by atoms with Crippen LogP contribution < -0.4 is 16.0 Å². The molecule has 0 aliphatic heterocycles. The number of nitrogens with zero attached hydrogens (tertiary/aromatic N) is 8. The highest BCUT2D eigenvalue weighted by Crippen LogP contribution is 2.35. The molecule has 57 heavy (non-hydrogen) atoms. The summed E-state index contributed by atoms with van der Waals surface area (Å²) in [6.07, 6.45) is 10.2. The summed E-state index contributed by atoms with van der Waals surface area (Å²) >= 11 is 8.98. The number of pyridine rings is 3. The number of hydrogen-bond donors (Lipinski definition) is 6. The van der Waals surface area contributed by atoms with Crippen LogP contribution in [0.15, 0.2) is 115 Å². The highest BCUT2D eigenvalue weighted by Gasteiger charge is 2.13. The standard InChI is InChI=1S/C14H10F2N4.C12H10ClN5S.C11H8FN5S/c15-10-4-5-11(16)13(6-10)20-14-3-1-2-12(19-14)9-7-17-18-8-9;1-7-3-2-4-9(16-7)17-12-18-10(11(13)19-12)8-5-14-15-6-8;12-9-2-1-3-10(16-9)17-11-15-8(6-18-11)7-4-13-14-5-7/h1-8H,(H,17,18)(H,19,20);2-6H,1H3,(H,14,15)(H,16,17,18);1-6H,(H,13,14)(H,15,16,17). The molecule has 8 aromatic heterocycles. The monoisotopic (exact) mass is 824 g/mol. The van der Waals surface area contributed by atoms with Crippen LogP contribution in [0, 0.1) is 24.5 Å². The molecule has 0 spiro atoms. The smallest absolute Gasteiger partial charge is 0.214 e. The van der Waals surface area contributed by atoms with Crippen molar-refractivity contribution in [3.05, 3.63) is 143 Å². The zero-order valence-corrected chi connectivity index (χ0v) is 31.8. The number of benzene rings is 1. The van der Waals surface area contributed by atoms with Crippen LogP contribution in [0.3, 0.4) is 0 Å². The van der Waals surface area contributed by atoms with Gasteiger partial charge in [0, 0.05) is 52.4 Å². The van der Waals surface area contributed by atoms with Gasteiger partial charge in [0.05, 0.1) is 35.7 Å². The molecule has 20 heteroatoms. The number of thiazole rings is 2. The topological polar surface area (TPSA) is 187 Å². The van der Waals surface area contributed by atoms with E-state index in [0.717, 1.165) is 57.8 Å². The van der Waals surface area contributed by atoms with Gasteiger partial charge in [0.15, 0.2) is 10.3 Å². The van der Waals surface area contributed by atoms with E-state index in [2.05, 4.69) is 71.5 Å². The SMILES string of the molecule is Cc1cccc(Nc2nc(-c3cn[nH]c3)c(Cl)s2)n1.Fc1ccc(F)c(Nc2cccc(-c3cn[nH]c3)n2)c1.Fc1cccc(Nc2nc(-c3cn[nH]c3)cs2)n1. The van der Waals surface area contributed by atoms with Gasteiger partial charge in [0.1, 0.15) is 39.1 Å². The van der Waals surface area contributed by atoms with Crippen molar-refractivity contribution in [2.45, 2.75) is 6.92 Å². The fourth-order valence-corrected chi connectivity index (χ4v) is 6.68. The maximum atomic E-state index is 13.6. The van der Waals surface area contributed by atoms with Gasteiger partial charge in [0.25, 0.3) is 0 Å². The normalized spacial score (nSPS) is 10.5. The molecule has 0 bridgehead atoms. The van der Waals surface area contributed by atoms with E-state index < -0.39 is 17.6 Å². The predicted octanol–water partition coefficient (Wildman–Crippen LogP) is 9.94. The molecule has 286 valence electrons. The Hall–Kier alpha value is -6.96. The van der Waals surface area contributed by atoms with Crippen molar-refractivity contribution in [3.63, 3.8) is 0 Å². The van der Waals surface area contributed by atoms with Gasteiger partial charge >= 0.3 is 0 Å². The summed E-state index contributed by atoms with van der Waals surface area (Å²) in [4.78, 5) is 21.2. The maximum Gasteiger partial charge on any atom is 0.214 e. The van der Waals surface area contributed by atoms with Crippen LogP contribution in [-0.2, 0) is 0 Å². The molecular formula is C37H28ClF3N14S2. The van der Waals surface area contributed by atoms with Gasteiger partial charge in [-0.25, -0.2) is 33.7 Å². The van der Waals surface area contributed by atoms with Crippen molar-refractivity contribution >= 4 is 67.7 Å². The molecule has 0 unspecified atom stereocenters. The van der Waals surface area contributed by atoms with Crippen molar-refractivity contribution in [3.8, 4) is 33.8 Å². The minimum atomic E-state index is -0.540.